The average Bonchev–Trinajstić information content (AvgIpc) is 2.92. The average molecular weight is 511 g/mol. The molecule has 5 heteroatoms. The van der Waals surface area contributed by atoms with Gasteiger partial charge in [-0.2, -0.15) is 0 Å². The van der Waals surface area contributed by atoms with Crippen LogP contribution in [0.5, 0.6) is 11.5 Å². The Morgan fingerprint density at radius 2 is 1.57 bits per heavy atom. The minimum Gasteiger partial charge on any atom is -0.494 e. The number of ether oxygens (including phenoxy) is 2. The molecule has 0 radical (unpaired) electrons. The van der Waals surface area contributed by atoms with Crippen LogP contribution in [0.2, 0.25) is 0 Å². The van der Waals surface area contributed by atoms with Crippen molar-refractivity contribution in [3.63, 3.8) is 0 Å². The molecular formula is C32H37F3O2. The molecule has 4 rings (SSSR count). The summed E-state index contributed by atoms with van der Waals surface area (Å²) in [7, 11) is 0. The Morgan fingerprint density at radius 1 is 0.811 bits per heavy atom. The maximum atomic E-state index is 15.0. The molecule has 0 bridgehead atoms. The molecule has 198 valence electrons. The van der Waals surface area contributed by atoms with Crippen LogP contribution in [0.15, 0.2) is 54.6 Å². The van der Waals surface area contributed by atoms with Crippen molar-refractivity contribution in [2.45, 2.75) is 71.1 Å². The third-order valence-corrected chi connectivity index (χ3v) is 7.49. The van der Waals surface area contributed by atoms with Crippen LogP contribution in [0, 0.1) is 23.4 Å². The second-order valence-electron chi connectivity index (χ2n) is 10.0. The van der Waals surface area contributed by atoms with Gasteiger partial charge >= 0.3 is 0 Å². The van der Waals surface area contributed by atoms with Gasteiger partial charge in [0.2, 0.25) is 0 Å². The highest BCUT2D eigenvalue weighted by molar-refractivity contribution is 5.65. The topological polar surface area (TPSA) is 18.5 Å². The first kappa shape index (κ1) is 27.1. The zero-order valence-corrected chi connectivity index (χ0v) is 21.9. The number of halogens is 3. The Labute approximate surface area is 218 Å². The number of unbranched alkanes of at least 4 members (excludes halogenated alkanes) is 1. The Morgan fingerprint density at radius 3 is 2.24 bits per heavy atom. The van der Waals surface area contributed by atoms with E-state index in [1.165, 1.54) is 0 Å². The first-order valence-electron chi connectivity index (χ1n) is 13.6. The minimum absolute atomic E-state index is 0.268. The second kappa shape index (κ2) is 13.0. The maximum Gasteiger partial charge on any atom is 0.166 e. The Kier molecular flexibility index (Phi) is 9.54. The van der Waals surface area contributed by atoms with Gasteiger partial charge in [-0.3, -0.25) is 0 Å². The summed E-state index contributed by atoms with van der Waals surface area (Å²) in [5.41, 5.74) is 2.35. The van der Waals surface area contributed by atoms with Gasteiger partial charge in [-0.1, -0.05) is 43.7 Å². The molecule has 0 heterocycles. The summed E-state index contributed by atoms with van der Waals surface area (Å²) in [6.07, 6.45) is 7.35. The van der Waals surface area contributed by atoms with E-state index in [2.05, 4.69) is 6.92 Å². The van der Waals surface area contributed by atoms with Crippen molar-refractivity contribution in [2.24, 2.45) is 5.92 Å². The number of aryl methyl sites for hydroxylation is 1. The summed E-state index contributed by atoms with van der Waals surface area (Å²) in [6, 6.07) is 15.8. The predicted octanol–water partition coefficient (Wildman–Crippen LogP) is 9.26. The molecule has 0 atom stereocenters. The third kappa shape index (κ3) is 6.88. The second-order valence-corrected chi connectivity index (χ2v) is 10.0. The van der Waals surface area contributed by atoms with Gasteiger partial charge in [-0.15, -0.1) is 0 Å². The molecule has 3 aromatic rings. The van der Waals surface area contributed by atoms with Gasteiger partial charge in [0.25, 0.3) is 0 Å². The highest BCUT2D eigenvalue weighted by atomic mass is 19.2. The molecule has 37 heavy (non-hydrogen) atoms. The lowest BCUT2D eigenvalue weighted by atomic mass is 9.77. The Bertz CT molecular complexity index is 1150. The predicted molar refractivity (Wildman–Crippen MR) is 143 cm³/mol. The number of hydrogen-bond donors (Lipinski definition) is 0. The smallest absolute Gasteiger partial charge is 0.166 e. The molecule has 0 N–H and O–H groups in total. The summed E-state index contributed by atoms with van der Waals surface area (Å²) in [6.45, 7) is 5.03. The van der Waals surface area contributed by atoms with Crippen LogP contribution in [0.25, 0.3) is 11.1 Å². The van der Waals surface area contributed by atoms with Gasteiger partial charge in [0.05, 0.1) is 13.2 Å². The maximum absolute atomic E-state index is 15.0. The van der Waals surface area contributed by atoms with Gasteiger partial charge in [-0.05, 0) is 105 Å². The van der Waals surface area contributed by atoms with Crippen LogP contribution < -0.4 is 9.47 Å². The van der Waals surface area contributed by atoms with Gasteiger partial charge in [-0.25, -0.2) is 13.2 Å². The van der Waals surface area contributed by atoms with Crippen molar-refractivity contribution in [3.05, 3.63) is 83.2 Å². The summed E-state index contributed by atoms with van der Waals surface area (Å²) >= 11 is 0. The lowest BCUT2D eigenvalue weighted by Crippen LogP contribution is -2.14. The monoisotopic (exact) mass is 510 g/mol. The molecule has 1 saturated carbocycles. The molecule has 0 aliphatic heterocycles. The summed E-state index contributed by atoms with van der Waals surface area (Å²) < 4.78 is 55.1. The summed E-state index contributed by atoms with van der Waals surface area (Å²) in [5, 5.41) is 0. The standard InChI is InChI=1S/C32H37F3O2/c1-3-5-20-37-27-16-12-24(13-17-27)28-18-14-25(31(34)32(28)35)11-8-22-6-9-23(10-7-22)26-15-19-30(36-4-2)29(33)21-26/h12-19,21-23H,3-11,20H2,1-2H3. The van der Waals surface area contributed by atoms with E-state index in [0.717, 1.165) is 56.3 Å². The molecule has 3 aromatic carbocycles. The lowest BCUT2D eigenvalue weighted by Gasteiger charge is -2.29. The molecule has 1 aliphatic rings. The fraction of sp³-hybridized carbons (Fsp3) is 0.438. The highest BCUT2D eigenvalue weighted by Crippen LogP contribution is 2.39. The zero-order chi connectivity index (χ0) is 26.2. The van der Waals surface area contributed by atoms with Gasteiger partial charge in [0.15, 0.2) is 23.2 Å². The van der Waals surface area contributed by atoms with Crippen molar-refractivity contribution < 1.29 is 22.6 Å². The van der Waals surface area contributed by atoms with Crippen molar-refractivity contribution in [1.29, 1.82) is 0 Å². The Hall–Kier alpha value is -2.95. The first-order chi connectivity index (χ1) is 18.0. The van der Waals surface area contributed by atoms with E-state index >= 15 is 0 Å². The van der Waals surface area contributed by atoms with Crippen molar-refractivity contribution in [1.82, 2.24) is 0 Å². The lowest BCUT2D eigenvalue weighted by molar-refractivity contribution is 0.306. The molecule has 0 unspecified atom stereocenters. The van der Waals surface area contributed by atoms with E-state index in [4.69, 9.17) is 9.47 Å². The third-order valence-electron chi connectivity index (χ3n) is 7.49. The van der Waals surface area contributed by atoms with E-state index in [9.17, 15) is 13.2 Å². The summed E-state index contributed by atoms with van der Waals surface area (Å²) in [4.78, 5) is 0. The van der Waals surface area contributed by atoms with Crippen molar-refractivity contribution in [2.75, 3.05) is 13.2 Å². The van der Waals surface area contributed by atoms with Crippen LogP contribution in [0.3, 0.4) is 0 Å². The van der Waals surface area contributed by atoms with E-state index in [1.54, 1.807) is 48.5 Å². The van der Waals surface area contributed by atoms with Gasteiger partial charge in [0, 0.05) is 5.56 Å². The minimum atomic E-state index is -0.793. The molecule has 0 spiro atoms. The fourth-order valence-electron chi connectivity index (χ4n) is 5.26. The van der Waals surface area contributed by atoms with Crippen LogP contribution in [-0.4, -0.2) is 13.2 Å². The van der Waals surface area contributed by atoms with Crippen molar-refractivity contribution in [3.8, 4) is 22.6 Å². The Balaban J connectivity index is 1.31. The van der Waals surface area contributed by atoms with Crippen LogP contribution in [-0.2, 0) is 6.42 Å². The highest BCUT2D eigenvalue weighted by Gasteiger charge is 2.24. The fourth-order valence-corrected chi connectivity index (χ4v) is 5.26. The van der Waals surface area contributed by atoms with Crippen LogP contribution in [0.4, 0.5) is 13.2 Å². The molecule has 1 fully saturated rings. The van der Waals surface area contributed by atoms with E-state index in [1.807, 2.05) is 13.0 Å². The zero-order valence-electron chi connectivity index (χ0n) is 21.9. The van der Waals surface area contributed by atoms with E-state index in [-0.39, 0.29) is 11.4 Å². The summed E-state index contributed by atoms with van der Waals surface area (Å²) in [5.74, 6) is -0.0216. The number of benzene rings is 3. The van der Waals surface area contributed by atoms with Crippen LogP contribution in [0.1, 0.15) is 75.8 Å². The molecular weight excluding hydrogens is 473 g/mol. The van der Waals surface area contributed by atoms with Crippen molar-refractivity contribution >= 4 is 0 Å². The molecule has 2 nitrogen and oxygen atoms in total. The van der Waals surface area contributed by atoms with E-state index < -0.39 is 11.6 Å². The quantitative estimate of drug-likeness (QED) is 0.239. The molecule has 0 amide bonds. The largest absolute Gasteiger partial charge is 0.494 e. The number of rotatable bonds is 11. The van der Waals surface area contributed by atoms with E-state index in [0.29, 0.717) is 48.3 Å². The molecule has 0 aromatic heterocycles. The normalized spacial score (nSPS) is 17.5. The van der Waals surface area contributed by atoms with Crippen LogP contribution >= 0.6 is 0 Å². The molecule has 1 aliphatic carbocycles. The molecule has 0 saturated heterocycles. The SMILES string of the molecule is CCCCOc1ccc(-c2ccc(CCC3CCC(c4ccc(OCC)c(F)c4)CC3)c(F)c2F)cc1. The number of hydrogen-bond acceptors (Lipinski definition) is 2. The van der Waals surface area contributed by atoms with Gasteiger partial charge in [0.1, 0.15) is 5.75 Å². The van der Waals surface area contributed by atoms with Gasteiger partial charge < -0.3 is 9.47 Å². The first-order valence-corrected chi connectivity index (χ1v) is 13.6.